The molecule has 2 rings (SSSR count). The predicted octanol–water partition coefficient (Wildman–Crippen LogP) is 1.76. The number of carbonyl (C=O) groups excluding carboxylic acids is 3. The molecule has 0 aromatic rings. The molecule has 0 aromatic carbocycles. The van der Waals surface area contributed by atoms with Crippen LogP contribution in [-0.4, -0.2) is 66.5 Å². The highest BCUT2D eigenvalue weighted by Gasteiger charge is 2.41. The van der Waals surface area contributed by atoms with Crippen molar-refractivity contribution >= 4 is 17.9 Å². The molecule has 7 nitrogen and oxygen atoms in total. The van der Waals surface area contributed by atoms with Gasteiger partial charge in [-0.2, -0.15) is 0 Å². The van der Waals surface area contributed by atoms with E-state index in [-0.39, 0.29) is 23.9 Å². The molecule has 1 aliphatic carbocycles. The second kappa shape index (κ2) is 8.54. The standard InChI is InChI=1S/C18H31N3O4/c1-4-25-17(24)21-12-10-20(11-13-21)16(23)18(2,3)15(22)19-14-8-6-5-7-9-14/h14H,4-13H2,1-3H3,(H,19,22). The van der Waals surface area contributed by atoms with Crippen LogP contribution in [0.3, 0.4) is 0 Å². The van der Waals surface area contributed by atoms with E-state index in [2.05, 4.69) is 5.32 Å². The van der Waals surface area contributed by atoms with Gasteiger partial charge in [-0.05, 0) is 33.6 Å². The fourth-order valence-corrected chi connectivity index (χ4v) is 3.41. The van der Waals surface area contributed by atoms with Crippen molar-refractivity contribution in [2.24, 2.45) is 5.41 Å². The topological polar surface area (TPSA) is 79.0 Å². The number of nitrogens with one attached hydrogen (secondary N) is 1. The van der Waals surface area contributed by atoms with Crippen molar-refractivity contribution in [2.75, 3.05) is 32.8 Å². The van der Waals surface area contributed by atoms with Crippen LogP contribution in [0.5, 0.6) is 0 Å². The summed E-state index contributed by atoms with van der Waals surface area (Å²) >= 11 is 0. The molecule has 2 aliphatic rings. The number of rotatable bonds is 4. The van der Waals surface area contributed by atoms with Crippen molar-refractivity contribution in [1.29, 1.82) is 0 Å². The quantitative estimate of drug-likeness (QED) is 0.781. The van der Waals surface area contributed by atoms with Crippen LogP contribution in [-0.2, 0) is 14.3 Å². The van der Waals surface area contributed by atoms with E-state index in [4.69, 9.17) is 4.74 Å². The Morgan fingerprint density at radius 1 is 1.00 bits per heavy atom. The third kappa shape index (κ3) is 4.86. The summed E-state index contributed by atoms with van der Waals surface area (Å²) in [6.45, 7) is 7.21. The van der Waals surface area contributed by atoms with Gasteiger partial charge in [0.25, 0.3) is 0 Å². The molecule has 0 atom stereocenters. The monoisotopic (exact) mass is 353 g/mol. The van der Waals surface area contributed by atoms with E-state index in [0.29, 0.717) is 32.8 Å². The largest absolute Gasteiger partial charge is 0.450 e. The van der Waals surface area contributed by atoms with Gasteiger partial charge in [-0.3, -0.25) is 9.59 Å². The zero-order valence-electron chi connectivity index (χ0n) is 15.7. The Morgan fingerprint density at radius 2 is 1.56 bits per heavy atom. The first kappa shape index (κ1) is 19.5. The molecule has 1 saturated heterocycles. The first-order chi connectivity index (χ1) is 11.9. The molecular formula is C18H31N3O4. The molecular weight excluding hydrogens is 322 g/mol. The lowest BCUT2D eigenvalue weighted by Crippen LogP contribution is -2.57. The lowest BCUT2D eigenvalue weighted by molar-refractivity contribution is -0.150. The fourth-order valence-electron chi connectivity index (χ4n) is 3.41. The van der Waals surface area contributed by atoms with E-state index < -0.39 is 5.41 Å². The van der Waals surface area contributed by atoms with Gasteiger partial charge in [-0.15, -0.1) is 0 Å². The van der Waals surface area contributed by atoms with E-state index in [1.165, 1.54) is 6.42 Å². The highest BCUT2D eigenvalue weighted by Crippen LogP contribution is 2.23. The van der Waals surface area contributed by atoms with Crippen molar-refractivity contribution in [3.05, 3.63) is 0 Å². The van der Waals surface area contributed by atoms with Gasteiger partial charge >= 0.3 is 6.09 Å². The van der Waals surface area contributed by atoms with E-state index >= 15 is 0 Å². The van der Waals surface area contributed by atoms with Crippen molar-refractivity contribution in [3.8, 4) is 0 Å². The first-order valence-electron chi connectivity index (χ1n) is 9.38. The van der Waals surface area contributed by atoms with E-state index in [9.17, 15) is 14.4 Å². The summed E-state index contributed by atoms with van der Waals surface area (Å²) in [5.74, 6) is -0.374. The molecule has 0 aromatic heterocycles. The van der Waals surface area contributed by atoms with Crippen molar-refractivity contribution in [1.82, 2.24) is 15.1 Å². The SMILES string of the molecule is CCOC(=O)N1CCN(C(=O)C(C)(C)C(=O)NC2CCCCC2)CC1. The molecule has 0 spiro atoms. The van der Waals surface area contributed by atoms with Gasteiger partial charge in [-0.25, -0.2) is 4.79 Å². The van der Waals surface area contributed by atoms with Gasteiger partial charge < -0.3 is 19.9 Å². The number of nitrogens with zero attached hydrogens (tertiary/aromatic N) is 2. The average molecular weight is 353 g/mol. The van der Waals surface area contributed by atoms with Crippen molar-refractivity contribution in [3.63, 3.8) is 0 Å². The van der Waals surface area contributed by atoms with Crippen LogP contribution in [0.25, 0.3) is 0 Å². The zero-order valence-corrected chi connectivity index (χ0v) is 15.7. The second-order valence-corrected chi connectivity index (χ2v) is 7.41. The van der Waals surface area contributed by atoms with Gasteiger partial charge in [0.1, 0.15) is 5.41 Å². The van der Waals surface area contributed by atoms with Crippen LogP contribution < -0.4 is 5.32 Å². The highest BCUT2D eigenvalue weighted by molar-refractivity contribution is 6.04. The lowest BCUT2D eigenvalue weighted by atomic mass is 9.88. The minimum Gasteiger partial charge on any atom is -0.450 e. The van der Waals surface area contributed by atoms with Crippen LogP contribution >= 0.6 is 0 Å². The van der Waals surface area contributed by atoms with Crippen LogP contribution in [0.15, 0.2) is 0 Å². The maximum atomic E-state index is 12.8. The van der Waals surface area contributed by atoms with Crippen LogP contribution in [0.2, 0.25) is 0 Å². The van der Waals surface area contributed by atoms with Crippen molar-refractivity contribution in [2.45, 2.75) is 58.9 Å². The van der Waals surface area contributed by atoms with Gasteiger partial charge in [0.05, 0.1) is 6.61 Å². The molecule has 1 saturated carbocycles. The van der Waals surface area contributed by atoms with Crippen molar-refractivity contribution < 1.29 is 19.1 Å². The molecule has 142 valence electrons. The zero-order chi connectivity index (χ0) is 18.4. The smallest absolute Gasteiger partial charge is 0.409 e. The predicted molar refractivity (Wildman–Crippen MR) is 94.0 cm³/mol. The number of ether oxygens (including phenoxy) is 1. The number of carbonyl (C=O) groups is 3. The lowest BCUT2D eigenvalue weighted by Gasteiger charge is -2.38. The molecule has 25 heavy (non-hydrogen) atoms. The Kier molecular flexibility index (Phi) is 6.67. The molecule has 2 fully saturated rings. The molecule has 7 heteroatoms. The normalized spacial score (nSPS) is 19.5. The molecule has 3 amide bonds. The summed E-state index contributed by atoms with van der Waals surface area (Å²) in [7, 11) is 0. The van der Waals surface area contributed by atoms with E-state index in [1.54, 1.807) is 30.6 Å². The Bertz CT molecular complexity index is 493. The Balaban J connectivity index is 1.87. The minimum atomic E-state index is -1.09. The maximum Gasteiger partial charge on any atom is 0.409 e. The van der Waals surface area contributed by atoms with Gasteiger partial charge in [0, 0.05) is 32.2 Å². The number of piperazine rings is 1. The molecule has 1 aliphatic heterocycles. The Morgan fingerprint density at radius 3 is 2.12 bits per heavy atom. The average Bonchev–Trinajstić information content (AvgIpc) is 2.62. The molecule has 1 heterocycles. The molecule has 1 N–H and O–H groups in total. The number of amides is 3. The number of hydrogen-bond acceptors (Lipinski definition) is 4. The van der Waals surface area contributed by atoms with Gasteiger partial charge in [-0.1, -0.05) is 19.3 Å². The second-order valence-electron chi connectivity index (χ2n) is 7.41. The van der Waals surface area contributed by atoms with Crippen LogP contribution in [0.1, 0.15) is 52.9 Å². The molecule has 0 unspecified atom stereocenters. The summed E-state index contributed by atoms with van der Waals surface area (Å²) in [5.41, 5.74) is -1.09. The van der Waals surface area contributed by atoms with Gasteiger partial charge in [0.2, 0.25) is 11.8 Å². The number of hydrogen-bond donors (Lipinski definition) is 1. The summed E-state index contributed by atoms with van der Waals surface area (Å²) in [5, 5.41) is 3.05. The molecule has 0 bridgehead atoms. The van der Waals surface area contributed by atoms with Crippen LogP contribution in [0.4, 0.5) is 4.79 Å². The maximum absolute atomic E-state index is 12.8. The Hall–Kier alpha value is -1.79. The summed E-state index contributed by atoms with van der Waals surface area (Å²) < 4.78 is 4.99. The third-order valence-corrected chi connectivity index (χ3v) is 5.14. The Labute approximate surface area is 150 Å². The molecule has 0 radical (unpaired) electrons. The minimum absolute atomic E-state index is 0.177. The first-order valence-corrected chi connectivity index (χ1v) is 9.38. The highest BCUT2D eigenvalue weighted by atomic mass is 16.6. The summed E-state index contributed by atoms with van der Waals surface area (Å²) in [4.78, 5) is 40.5. The summed E-state index contributed by atoms with van der Waals surface area (Å²) in [6.07, 6.45) is 5.13. The van der Waals surface area contributed by atoms with E-state index in [1.807, 2.05) is 0 Å². The van der Waals surface area contributed by atoms with Crippen LogP contribution in [0, 0.1) is 5.41 Å². The van der Waals surface area contributed by atoms with E-state index in [0.717, 1.165) is 25.7 Å². The summed E-state index contributed by atoms with van der Waals surface area (Å²) in [6, 6.07) is 0.189. The third-order valence-electron chi connectivity index (χ3n) is 5.14. The van der Waals surface area contributed by atoms with Gasteiger partial charge in [0.15, 0.2) is 0 Å². The fraction of sp³-hybridized carbons (Fsp3) is 0.833.